The molecule has 1 amide bonds. The minimum absolute atomic E-state index is 0.0714. The normalized spacial score (nSPS) is 16.6. The van der Waals surface area contributed by atoms with Gasteiger partial charge in [-0.05, 0) is 34.6 Å². The van der Waals surface area contributed by atoms with Crippen molar-refractivity contribution in [3.05, 3.63) is 0 Å². The molecule has 0 radical (unpaired) electrons. The second-order valence-corrected chi connectivity index (χ2v) is 5.72. The van der Waals surface area contributed by atoms with E-state index >= 15 is 0 Å². The minimum Gasteiger partial charge on any atom is -0.479 e. The van der Waals surface area contributed by atoms with Crippen LogP contribution in [0.1, 0.15) is 41.0 Å². The van der Waals surface area contributed by atoms with Crippen molar-refractivity contribution in [2.24, 2.45) is 0 Å². The quantitative estimate of drug-likeness (QED) is 0.800. The van der Waals surface area contributed by atoms with Crippen LogP contribution in [-0.4, -0.2) is 51.5 Å². The Kier molecular flexibility index (Phi) is 5.16. The van der Waals surface area contributed by atoms with Gasteiger partial charge in [0.05, 0.1) is 0 Å². The molecule has 0 bridgehead atoms. The molecule has 0 aromatic heterocycles. The standard InChI is InChI=1S/C12H23NO5/c1-8(7-12(5,17)9(14)15)13(6)10(16)18-11(2,3)4/h8,17H,7H2,1-6H3,(H,14,15). The molecule has 2 N–H and O–H groups in total. The molecule has 0 rings (SSSR count). The van der Waals surface area contributed by atoms with Gasteiger partial charge in [0.1, 0.15) is 5.60 Å². The number of hydrogen-bond acceptors (Lipinski definition) is 4. The Morgan fingerprint density at radius 2 is 1.72 bits per heavy atom. The van der Waals surface area contributed by atoms with E-state index in [9.17, 15) is 14.7 Å². The zero-order valence-corrected chi connectivity index (χ0v) is 11.9. The summed E-state index contributed by atoms with van der Waals surface area (Å²) in [5, 5.41) is 18.5. The Bertz CT molecular complexity index is 319. The first-order chi connectivity index (χ1) is 7.87. The summed E-state index contributed by atoms with van der Waals surface area (Å²) in [5.74, 6) is -1.31. The number of carbonyl (C=O) groups is 2. The third-order valence-corrected chi connectivity index (χ3v) is 2.50. The number of carboxylic acid groups (broad SMARTS) is 1. The number of ether oxygens (including phenoxy) is 1. The van der Waals surface area contributed by atoms with E-state index in [-0.39, 0.29) is 6.42 Å². The van der Waals surface area contributed by atoms with Gasteiger partial charge in [-0.3, -0.25) is 0 Å². The Morgan fingerprint density at radius 3 is 2.06 bits per heavy atom. The third-order valence-electron chi connectivity index (χ3n) is 2.50. The summed E-state index contributed by atoms with van der Waals surface area (Å²) in [6.45, 7) is 8.10. The van der Waals surface area contributed by atoms with Crippen LogP contribution in [0.4, 0.5) is 4.79 Å². The summed E-state index contributed by atoms with van der Waals surface area (Å²) in [7, 11) is 1.51. The molecule has 0 spiro atoms. The predicted octanol–water partition coefficient (Wildman–Crippen LogP) is 1.47. The molecule has 0 aliphatic heterocycles. The summed E-state index contributed by atoms with van der Waals surface area (Å²) in [6.07, 6.45) is -0.617. The molecular weight excluding hydrogens is 238 g/mol. The molecule has 0 heterocycles. The van der Waals surface area contributed by atoms with Gasteiger partial charge in [0.15, 0.2) is 5.60 Å². The van der Waals surface area contributed by atoms with E-state index in [0.717, 1.165) is 0 Å². The highest BCUT2D eigenvalue weighted by Crippen LogP contribution is 2.18. The second-order valence-electron chi connectivity index (χ2n) is 5.72. The lowest BCUT2D eigenvalue weighted by molar-refractivity contribution is -0.158. The van der Waals surface area contributed by atoms with E-state index < -0.39 is 29.3 Å². The lowest BCUT2D eigenvalue weighted by Crippen LogP contribution is -2.45. The van der Waals surface area contributed by atoms with Gasteiger partial charge >= 0.3 is 12.1 Å². The largest absolute Gasteiger partial charge is 0.479 e. The molecule has 18 heavy (non-hydrogen) atoms. The van der Waals surface area contributed by atoms with Crippen molar-refractivity contribution in [2.45, 2.75) is 58.3 Å². The van der Waals surface area contributed by atoms with E-state index in [2.05, 4.69) is 0 Å². The molecule has 0 saturated carbocycles. The van der Waals surface area contributed by atoms with Gasteiger partial charge in [-0.25, -0.2) is 9.59 Å². The second kappa shape index (κ2) is 5.56. The zero-order chi connectivity index (χ0) is 14.7. The highest BCUT2D eigenvalue weighted by molar-refractivity contribution is 5.76. The molecule has 6 nitrogen and oxygen atoms in total. The van der Waals surface area contributed by atoms with Crippen LogP contribution < -0.4 is 0 Å². The maximum atomic E-state index is 11.7. The van der Waals surface area contributed by atoms with Gasteiger partial charge in [-0.1, -0.05) is 0 Å². The number of carbonyl (C=O) groups excluding carboxylic acids is 1. The topological polar surface area (TPSA) is 87.1 Å². The molecule has 6 heteroatoms. The van der Waals surface area contributed by atoms with Crippen LogP contribution in [0.25, 0.3) is 0 Å². The van der Waals surface area contributed by atoms with Crippen LogP contribution in [0.15, 0.2) is 0 Å². The molecular formula is C12H23NO5. The summed E-state index contributed by atoms with van der Waals surface area (Å²) in [6, 6.07) is -0.453. The van der Waals surface area contributed by atoms with Crippen LogP contribution in [0.3, 0.4) is 0 Å². The molecule has 0 aromatic carbocycles. The molecule has 0 aromatic rings. The highest BCUT2D eigenvalue weighted by atomic mass is 16.6. The van der Waals surface area contributed by atoms with E-state index in [1.54, 1.807) is 27.7 Å². The first-order valence-electron chi connectivity index (χ1n) is 5.78. The van der Waals surface area contributed by atoms with E-state index in [4.69, 9.17) is 9.84 Å². The molecule has 2 unspecified atom stereocenters. The number of rotatable bonds is 4. The lowest BCUT2D eigenvalue weighted by Gasteiger charge is -2.31. The fourth-order valence-corrected chi connectivity index (χ4v) is 1.31. The highest BCUT2D eigenvalue weighted by Gasteiger charge is 2.34. The van der Waals surface area contributed by atoms with Crippen molar-refractivity contribution in [3.63, 3.8) is 0 Å². The first kappa shape index (κ1) is 16.7. The molecule has 0 aliphatic carbocycles. The Morgan fingerprint density at radius 1 is 1.28 bits per heavy atom. The average Bonchev–Trinajstić information content (AvgIpc) is 2.12. The smallest absolute Gasteiger partial charge is 0.410 e. The van der Waals surface area contributed by atoms with Crippen LogP contribution >= 0.6 is 0 Å². The summed E-state index contributed by atoms with van der Waals surface area (Å²) < 4.78 is 5.15. The van der Waals surface area contributed by atoms with Crippen LogP contribution in [0.2, 0.25) is 0 Å². The number of carboxylic acids is 1. The summed E-state index contributed by atoms with van der Waals surface area (Å²) >= 11 is 0. The molecule has 0 fully saturated rings. The number of amides is 1. The molecule has 2 atom stereocenters. The Balaban J connectivity index is 4.57. The van der Waals surface area contributed by atoms with Gasteiger partial charge in [-0.15, -0.1) is 0 Å². The predicted molar refractivity (Wildman–Crippen MR) is 66.3 cm³/mol. The van der Waals surface area contributed by atoms with E-state index in [0.29, 0.717) is 0 Å². The summed E-state index contributed by atoms with van der Waals surface area (Å²) in [4.78, 5) is 23.8. The summed E-state index contributed by atoms with van der Waals surface area (Å²) in [5.41, 5.74) is -2.48. The fourth-order valence-electron chi connectivity index (χ4n) is 1.31. The number of nitrogens with zero attached hydrogens (tertiary/aromatic N) is 1. The van der Waals surface area contributed by atoms with Crippen molar-refractivity contribution in [2.75, 3.05) is 7.05 Å². The van der Waals surface area contributed by atoms with Crippen molar-refractivity contribution >= 4 is 12.1 Å². The number of aliphatic carboxylic acids is 1. The Hall–Kier alpha value is -1.30. The molecule has 106 valence electrons. The van der Waals surface area contributed by atoms with Gasteiger partial charge in [0.2, 0.25) is 0 Å². The van der Waals surface area contributed by atoms with E-state index in [1.165, 1.54) is 18.9 Å². The minimum atomic E-state index is -1.87. The van der Waals surface area contributed by atoms with Gasteiger partial charge in [-0.2, -0.15) is 0 Å². The number of hydrogen-bond donors (Lipinski definition) is 2. The third kappa shape index (κ3) is 5.35. The van der Waals surface area contributed by atoms with E-state index in [1.807, 2.05) is 0 Å². The van der Waals surface area contributed by atoms with Gasteiger partial charge in [0.25, 0.3) is 0 Å². The van der Waals surface area contributed by atoms with Gasteiger partial charge < -0.3 is 19.8 Å². The van der Waals surface area contributed by atoms with Crippen LogP contribution in [0.5, 0.6) is 0 Å². The zero-order valence-electron chi connectivity index (χ0n) is 11.9. The maximum Gasteiger partial charge on any atom is 0.410 e. The average molecular weight is 261 g/mol. The Labute approximate surface area is 108 Å². The van der Waals surface area contributed by atoms with Crippen LogP contribution in [-0.2, 0) is 9.53 Å². The maximum absolute atomic E-state index is 11.7. The van der Waals surface area contributed by atoms with Crippen molar-refractivity contribution in [3.8, 4) is 0 Å². The molecule has 0 aliphatic rings. The fraction of sp³-hybridized carbons (Fsp3) is 0.833. The lowest BCUT2D eigenvalue weighted by atomic mass is 9.97. The monoisotopic (exact) mass is 261 g/mol. The molecule has 0 saturated heterocycles. The van der Waals surface area contributed by atoms with Gasteiger partial charge in [0, 0.05) is 19.5 Å². The van der Waals surface area contributed by atoms with Crippen LogP contribution in [0, 0.1) is 0 Å². The first-order valence-corrected chi connectivity index (χ1v) is 5.78. The van der Waals surface area contributed by atoms with Crippen molar-refractivity contribution in [1.29, 1.82) is 0 Å². The van der Waals surface area contributed by atoms with Crippen molar-refractivity contribution < 1.29 is 24.5 Å². The SMILES string of the molecule is CC(CC(C)(O)C(=O)O)N(C)C(=O)OC(C)(C)C. The number of aliphatic hydroxyl groups is 1. The van der Waals surface area contributed by atoms with Crippen molar-refractivity contribution in [1.82, 2.24) is 4.90 Å².